The molecule has 0 fully saturated rings. The molecule has 5 heteroatoms. The predicted molar refractivity (Wildman–Crippen MR) is 87.6 cm³/mol. The average Bonchev–Trinajstić information content (AvgIpc) is 2.52. The second kappa shape index (κ2) is 10.8. The van der Waals surface area contributed by atoms with Gasteiger partial charge in [0, 0.05) is 25.1 Å². The van der Waals surface area contributed by atoms with Gasteiger partial charge in [-0.2, -0.15) is 0 Å². The molecule has 0 radical (unpaired) electrons. The van der Waals surface area contributed by atoms with Gasteiger partial charge in [0.05, 0.1) is 7.11 Å². The quantitative estimate of drug-likeness (QED) is 0.515. The molecule has 0 atom stereocenters. The Morgan fingerprint density at radius 3 is 2.23 bits per heavy atom. The minimum absolute atomic E-state index is 0.0364. The van der Waals surface area contributed by atoms with E-state index in [1.54, 1.807) is 0 Å². The molecule has 1 rings (SSSR count). The molecule has 0 saturated heterocycles. The van der Waals surface area contributed by atoms with Crippen LogP contribution in [-0.4, -0.2) is 26.0 Å². The van der Waals surface area contributed by atoms with Crippen LogP contribution in [0.4, 0.5) is 5.69 Å². The molecule has 0 aliphatic heterocycles. The molecule has 0 spiro atoms. The van der Waals surface area contributed by atoms with Gasteiger partial charge in [0.15, 0.2) is 0 Å². The number of amides is 1. The summed E-state index contributed by atoms with van der Waals surface area (Å²) in [6.45, 7) is 0.819. The average molecular weight is 306 g/mol. The van der Waals surface area contributed by atoms with Gasteiger partial charge in [-0.3, -0.25) is 9.59 Å². The van der Waals surface area contributed by atoms with Crippen LogP contribution in [0.5, 0.6) is 0 Å². The minimum Gasteiger partial charge on any atom is -0.469 e. The summed E-state index contributed by atoms with van der Waals surface area (Å²) in [7, 11) is 3.30. The van der Waals surface area contributed by atoms with Gasteiger partial charge in [0.2, 0.25) is 5.91 Å². The zero-order chi connectivity index (χ0) is 16.2. The molecule has 5 nitrogen and oxygen atoms in total. The van der Waals surface area contributed by atoms with Crippen molar-refractivity contribution in [3.8, 4) is 0 Å². The third kappa shape index (κ3) is 7.78. The summed E-state index contributed by atoms with van der Waals surface area (Å²) in [5.41, 5.74) is 2.02. The second-order valence-electron chi connectivity index (χ2n) is 5.27. The van der Waals surface area contributed by atoms with Gasteiger partial charge < -0.3 is 15.4 Å². The lowest BCUT2D eigenvalue weighted by Gasteiger charge is -2.06. The molecule has 1 aromatic rings. The number of hydrogen-bond acceptors (Lipinski definition) is 4. The lowest BCUT2D eigenvalue weighted by Crippen LogP contribution is -2.11. The van der Waals surface area contributed by atoms with Gasteiger partial charge in [-0.25, -0.2) is 0 Å². The van der Waals surface area contributed by atoms with E-state index >= 15 is 0 Å². The van der Waals surface area contributed by atoms with E-state index < -0.39 is 0 Å². The van der Waals surface area contributed by atoms with Crippen LogP contribution in [0.2, 0.25) is 0 Å². The van der Waals surface area contributed by atoms with Crippen LogP contribution < -0.4 is 10.6 Å². The van der Waals surface area contributed by atoms with Crippen molar-refractivity contribution in [1.82, 2.24) is 5.32 Å². The first kappa shape index (κ1) is 18.2. The van der Waals surface area contributed by atoms with Crippen molar-refractivity contribution in [3.05, 3.63) is 29.8 Å². The van der Waals surface area contributed by atoms with Crippen molar-refractivity contribution < 1.29 is 14.3 Å². The standard InChI is InChI=1S/C17H26N2O3/c1-18-13-14-9-11-15(12-10-14)19-16(20)7-5-3-4-6-8-17(21)22-2/h9-12,18H,3-8,13H2,1-2H3,(H,19,20). The van der Waals surface area contributed by atoms with E-state index in [0.29, 0.717) is 12.8 Å². The van der Waals surface area contributed by atoms with Crippen molar-refractivity contribution in [1.29, 1.82) is 0 Å². The van der Waals surface area contributed by atoms with Crippen LogP contribution in [0.15, 0.2) is 24.3 Å². The summed E-state index contributed by atoms with van der Waals surface area (Å²) in [4.78, 5) is 22.7. The van der Waals surface area contributed by atoms with Crippen LogP contribution in [0.3, 0.4) is 0 Å². The molecule has 0 unspecified atom stereocenters. The molecule has 122 valence electrons. The Morgan fingerprint density at radius 1 is 1.00 bits per heavy atom. The Morgan fingerprint density at radius 2 is 1.64 bits per heavy atom. The number of methoxy groups -OCH3 is 1. The van der Waals surface area contributed by atoms with Gasteiger partial charge in [-0.15, -0.1) is 0 Å². The highest BCUT2D eigenvalue weighted by atomic mass is 16.5. The van der Waals surface area contributed by atoms with E-state index in [4.69, 9.17) is 0 Å². The van der Waals surface area contributed by atoms with Crippen LogP contribution in [0.25, 0.3) is 0 Å². The Bertz CT molecular complexity index is 457. The fraction of sp³-hybridized carbons (Fsp3) is 0.529. The minimum atomic E-state index is -0.167. The van der Waals surface area contributed by atoms with Crippen molar-refractivity contribution in [3.63, 3.8) is 0 Å². The van der Waals surface area contributed by atoms with Gasteiger partial charge in [-0.05, 0) is 37.6 Å². The Kier molecular flexibility index (Phi) is 8.91. The summed E-state index contributed by atoms with van der Waals surface area (Å²) in [6.07, 6.45) is 4.52. The van der Waals surface area contributed by atoms with E-state index in [1.807, 2.05) is 31.3 Å². The molecule has 0 bridgehead atoms. The van der Waals surface area contributed by atoms with Crippen LogP contribution in [0, 0.1) is 0 Å². The number of nitrogens with one attached hydrogen (secondary N) is 2. The number of carbonyl (C=O) groups excluding carboxylic acids is 2. The van der Waals surface area contributed by atoms with Crippen molar-refractivity contribution in [2.75, 3.05) is 19.5 Å². The lowest BCUT2D eigenvalue weighted by atomic mass is 10.1. The molecule has 1 aromatic carbocycles. The van der Waals surface area contributed by atoms with Gasteiger partial charge in [0.25, 0.3) is 0 Å². The molecular formula is C17H26N2O3. The third-order valence-electron chi connectivity index (χ3n) is 3.38. The largest absolute Gasteiger partial charge is 0.469 e. The smallest absolute Gasteiger partial charge is 0.305 e. The topological polar surface area (TPSA) is 67.4 Å². The first-order valence-electron chi connectivity index (χ1n) is 7.76. The summed E-state index contributed by atoms with van der Waals surface area (Å²) < 4.78 is 4.58. The molecular weight excluding hydrogens is 280 g/mol. The number of esters is 1. The zero-order valence-electron chi connectivity index (χ0n) is 13.5. The van der Waals surface area contributed by atoms with E-state index in [0.717, 1.165) is 37.9 Å². The van der Waals surface area contributed by atoms with E-state index in [2.05, 4.69) is 15.4 Å². The summed E-state index contributed by atoms with van der Waals surface area (Å²) >= 11 is 0. The Balaban J connectivity index is 2.14. The maximum absolute atomic E-state index is 11.8. The fourth-order valence-electron chi connectivity index (χ4n) is 2.14. The number of anilines is 1. The van der Waals surface area contributed by atoms with Gasteiger partial charge in [0.1, 0.15) is 0 Å². The Hall–Kier alpha value is -1.88. The highest BCUT2D eigenvalue weighted by Crippen LogP contribution is 2.11. The number of carbonyl (C=O) groups is 2. The van der Waals surface area contributed by atoms with E-state index in [1.165, 1.54) is 12.7 Å². The third-order valence-corrected chi connectivity index (χ3v) is 3.38. The summed E-state index contributed by atoms with van der Waals surface area (Å²) in [5.74, 6) is -0.131. The molecule has 0 heterocycles. The Labute approximate surface area is 132 Å². The SMILES string of the molecule is CNCc1ccc(NC(=O)CCCCCCC(=O)OC)cc1. The first-order valence-corrected chi connectivity index (χ1v) is 7.76. The van der Waals surface area contributed by atoms with Crippen LogP contribution in [0.1, 0.15) is 44.1 Å². The van der Waals surface area contributed by atoms with Gasteiger partial charge in [-0.1, -0.05) is 25.0 Å². The summed E-state index contributed by atoms with van der Waals surface area (Å²) in [5, 5.41) is 5.98. The molecule has 0 saturated carbocycles. The van der Waals surface area contributed by atoms with Crippen LogP contribution >= 0.6 is 0 Å². The molecule has 22 heavy (non-hydrogen) atoms. The normalized spacial score (nSPS) is 10.3. The van der Waals surface area contributed by atoms with Crippen molar-refractivity contribution >= 4 is 17.6 Å². The maximum Gasteiger partial charge on any atom is 0.305 e. The molecule has 0 aliphatic carbocycles. The fourth-order valence-corrected chi connectivity index (χ4v) is 2.14. The highest BCUT2D eigenvalue weighted by Gasteiger charge is 2.03. The molecule has 1 amide bonds. The number of ether oxygens (including phenoxy) is 1. The number of hydrogen-bond donors (Lipinski definition) is 2. The summed E-state index contributed by atoms with van der Waals surface area (Å²) in [6, 6.07) is 7.83. The van der Waals surface area contributed by atoms with Crippen LogP contribution in [-0.2, 0) is 20.9 Å². The number of unbranched alkanes of at least 4 members (excludes halogenated alkanes) is 3. The van der Waals surface area contributed by atoms with E-state index in [9.17, 15) is 9.59 Å². The zero-order valence-corrected chi connectivity index (χ0v) is 13.5. The number of benzene rings is 1. The lowest BCUT2D eigenvalue weighted by molar-refractivity contribution is -0.140. The number of rotatable bonds is 10. The monoisotopic (exact) mass is 306 g/mol. The van der Waals surface area contributed by atoms with E-state index in [-0.39, 0.29) is 11.9 Å². The maximum atomic E-state index is 11.8. The van der Waals surface area contributed by atoms with Crippen molar-refractivity contribution in [2.45, 2.75) is 45.1 Å². The molecule has 2 N–H and O–H groups in total. The van der Waals surface area contributed by atoms with Gasteiger partial charge >= 0.3 is 5.97 Å². The highest BCUT2D eigenvalue weighted by molar-refractivity contribution is 5.90. The van der Waals surface area contributed by atoms with Crippen molar-refractivity contribution in [2.24, 2.45) is 0 Å². The second-order valence-corrected chi connectivity index (χ2v) is 5.27. The predicted octanol–water partition coefficient (Wildman–Crippen LogP) is 2.86. The molecule has 0 aromatic heterocycles. The molecule has 0 aliphatic rings. The first-order chi connectivity index (χ1) is 10.7.